The van der Waals surface area contributed by atoms with Gasteiger partial charge in [0.2, 0.25) is 5.91 Å². The van der Waals surface area contributed by atoms with Crippen molar-refractivity contribution in [3.05, 3.63) is 70.7 Å². The molecule has 0 atom stereocenters. The number of anilines is 1. The lowest BCUT2D eigenvalue weighted by Gasteiger charge is -2.27. The Morgan fingerprint density at radius 3 is 2.20 bits per heavy atom. The summed E-state index contributed by atoms with van der Waals surface area (Å²) in [6.45, 7) is 1.45. The van der Waals surface area contributed by atoms with E-state index in [1.165, 1.54) is 18.3 Å². The van der Waals surface area contributed by atoms with Crippen molar-refractivity contribution in [2.75, 3.05) is 5.32 Å². The Kier molecular flexibility index (Phi) is 3.82. The highest BCUT2D eigenvalue weighted by molar-refractivity contribution is 7.14. The fourth-order valence-corrected chi connectivity index (χ4v) is 3.62. The molecule has 6 heteroatoms. The maximum Gasteiger partial charge on any atom is 0.238 e. The largest absolute Gasteiger partial charge is 0.457 e. The summed E-state index contributed by atoms with van der Waals surface area (Å²) in [4.78, 5) is 28.5. The zero-order valence-electron chi connectivity index (χ0n) is 13.4. The van der Waals surface area contributed by atoms with Crippen molar-refractivity contribution < 1.29 is 14.3 Å². The summed E-state index contributed by atoms with van der Waals surface area (Å²) in [6, 6.07) is 15.0. The van der Waals surface area contributed by atoms with Gasteiger partial charge in [-0.1, -0.05) is 36.4 Å². The molecular weight excluding hydrogens is 336 g/mol. The summed E-state index contributed by atoms with van der Waals surface area (Å²) in [5.41, 5.74) is 1.97. The zero-order valence-corrected chi connectivity index (χ0v) is 14.2. The summed E-state index contributed by atoms with van der Waals surface area (Å²) in [5, 5.41) is 4.89. The fraction of sp³-hybridized carbons (Fsp3) is 0.105. The predicted octanol–water partition coefficient (Wildman–Crippen LogP) is 4.22. The maximum atomic E-state index is 13.0. The normalized spacial score (nSPS) is 12.7. The average molecular weight is 350 g/mol. The van der Waals surface area contributed by atoms with Crippen LogP contribution in [0.4, 0.5) is 5.13 Å². The molecule has 0 unspecified atom stereocenters. The molecule has 0 spiro atoms. The molecule has 2 heterocycles. The molecule has 124 valence electrons. The SMILES string of the molecule is CC(=O)c1csc(NC(=O)C2c3ccccc3Oc3ccccc32)n1. The second-order valence-electron chi connectivity index (χ2n) is 5.69. The molecule has 1 amide bonds. The fourth-order valence-electron chi connectivity index (χ4n) is 2.86. The number of rotatable bonds is 3. The first-order valence-corrected chi connectivity index (χ1v) is 8.64. The Morgan fingerprint density at radius 1 is 1.04 bits per heavy atom. The predicted molar refractivity (Wildman–Crippen MR) is 95.5 cm³/mol. The van der Waals surface area contributed by atoms with Gasteiger partial charge in [0.05, 0.1) is 5.92 Å². The van der Waals surface area contributed by atoms with Gasteiger partial charge in [-0.3, -0.25) is 9.59 Å². The molecule has 0 bridgehead atoms. The zero-order chi connectivity index (χ0) is 17.4. The first-order valence-electron chi connectivity index (χ1n) is 7.76. The summed E-state index contributed by atoms with van der Waals surface area (Å²) < 4.78 is 5.91. The van der Waals surface area contributed by atoms with E-state index in [9.17, 15) is 9.59 Å². The number of ketones is 1. The number of amides is 1. The molecular formula is C19H14N2O3S. The Bertz CT molecular complexity index is 935. The topological polar surface area (TPSA) is 68.3 Å². The van der Waals surface area contributed by atoms with Gasteiger partial charge in [-0.25, -0.2) is 4.98 Å². The van der Waals surface area contributed by atoms with Crippen LogP contribution in [-0.4, -0.2) is 16.7 Å². The van der Waals surface area contributed by atoms with Crippen LogP contribution in [0.25, 0.3) is 0 Å². The van der Waals surface area contributed by atoms with E-state index in [4.69, 9.17) is 4.74 Å². The van der Waals surface area contributed by atoms with E-state index in [0.29, 0.717) is 22.3 Å². The van der Waals surface area contributed by atoms with Gasteiger partial charge in [0, 0.05) is 23.4 Å². The van der Waals surface area contributed by atoms with Crippen LogP contribution >= 0.6 is 11.3 Å². The number of carbonyl (C=O) groups is 2. The van der Waals surface area contributed by atoms with Gasteiger partial charge in [0.15, 0.2) is 10.9 Å². The first kappa shape index (κ1) is 15.5. The lowest BCUT2D eigenvalue weighted by atomic mass is 9.87. The monoisotopic (exact) mass is 350 g/mol. The number of hydrogen-bond donors (Lipinski definition) is 1. The minimum absolute atomic E-state index is 0.126. The van der Waals surface area contributed by atoms with Crippen LogP contribution in [0.3, 0.4) is 0 Å². The first-order chi connectivity index (χ1) is 12.1. The third-order valence-electron chi connectivity index (χ3n) is 4.04. The minimum Gasteiger partial charge on any atom is -0.457 e. The van der Waals surface area contributed by atoms with E-state index >= 15 is 0 Å². The molecule has 5 nitrogen and oxygen atoms in total. The molecule has 1 N–H and O–H groups in total. The van der Waals surface area contributed by atoms with Crippen LogP contribution in [0.2, 0.25) is 0 Å². The molecule has 1 aromatic heterocycles. The number of Topliss-reactive ketones (excluding diaryl/α,β-unsaturated/α-hetero) is 1. The number of ether oxygens (including phenoxy) is 1. The van der Waals surface area contributed by atoms with Crippen LogP contribution in [0, 0.1) is 0 Å². The van der Waals surface area contributed by atoms with Crippen molar-refractivity contribution in [3.63, 3.8) is 0 Å². The highest BCUT2D eigenvalue weighted by atomic mass is 32.1. The molecule has 25 heavy (non-hydrogen) atoms. The second kappa shape index (κ2) is 6.14. The van der Waals surface area contributed by atoms with Crippen LogP contribution in [0.1, 0.15) is 34.5 Å². The summed E-state index contributed by atoms with van der Waals surface area (Å²) in [7, 11) is 0. The molecule has 0 radical (unpaired) electrons. The number of carbonyl (C=O) groups excluding carboxylic acids is 2. The van der Waals surface area contributed by atoms with Crippen molar-refractivity contribution in [1.29, 1.82) is 0 Å². The number of hydrogen-bond acceptors (Lipinski definition) is 5. The van der Waals surface area contributed by atoms with E-state index in [2.05, 4.69) is 10.3 Å². The van der Waals surface area contributed by atoms with Crippen LogP contribution in [0.5, 0.6) is 11.5 Å². The van der Waals surface area contributed by atoms with E-state index in [1.54, 1.807) is 5.38 Å². The highest BCUT2D eigenvalue weighted by Gasteiger charge is 2.32. The molecule has 1 aliphatic rings. The molecule has 0 aliphatic carbocycles. The molecule has 3 aromatic rings. The van der Waals surface area contributed by atoms with Crippen LogP contribution in [0.15, 0.2) is 53.9 Å². The van der Waals surface area contributed by atoms with E-state index in [1.807, 2.05) is 48.5 Å². The van der Waals surface area contributed by atoms with Gasteiger partial charge in [-0.05, 0) is 12.1 Å². The average Bonchev–Trinajstić information content (AvgIpc) is 3.08. The minimum atomic E-state index is -0.495. The van der Waals surface area contributed by atoms with Crippen LogP contribution in [-0.2, 0) is 4.79 Å². The van der Waals surface area contributed by atoms with Gasteiger partial charge in [0.1, 0.15) is 17.2 Å². The molecule has 2 aromatic carbocycles. The molecule has 1 aliphatic heterocycles. The lowest BCUT2D eigenvalue weighted by Crippen LogP contribution is -2.25. The Hall–Kier alpha value is -2.99. The van der Waals surface area contributed by atoms with Gasteiger partial charge in [0.25, 0.3) is 0 Å². The van der Waals surface area contributed by atoms with Gasteiger partial charge >= 0.3 is 0 Å². The summed E-state index contributed by atoms with van der Waals surface area (Å²) in [5.74, 6) is 0.520. The van der Waals surface area contributed by atoms with Gasteiger partial charge in [-0.15, -0.1) is 11.3 Å². The highest BCUT2D eigenvalue weighted by Crippen LogP contribution is 2.44. The van der Waals surface area contributed by atoms with Crippen molar-refractivity contribution in [1.82, 2.24) is 4.98 Å². The number of thiazole rings is 1. The number of fused-ring (bicyclic) bond motifs is 2. The second-order valence-corrected chi connectivity index (χ2v) is 6.55. The Balaban J connectivity index is 1.71. The summed E-state index contributed by atoms with van der Waals surface area (Å²) >= 11 is 1.24. The molecule has 0 saturated heterocycles. The number of para-hydroxylation sites is 2. The molecule has 0 saturated carbocycles. The molecule has 4 rings (SSSR count). The number of aromatic nitrogens is 1. The Morgan fingerprint density at radius 2 is 1.64 bits per heavy atom. The number of nitrogens with zero attached hydrogens (tertiary/aromatic N) is 1. The smallest absolute Gasteiger partial charge is 0.238 e. The van der Waals surface area contributed by atoms with Crippen molar-refractivity contribution in [2.45, 2.75) is 12.8 Å². The summed E-state index contributed by atoms with van der Waals surface area (Å²) in [6.07, 6.45) is 0. The van der Waals surface area contributed by atoms with E-state index < -0.39 is 5.92 Å². The Labute approximate surface area is 148 Å². The van der Waals surface area contributed by atoms with Crippen molar-refractivity contribution in [3.8, 4) is 11.5 Å². The lowest BCUT2D eigenvalue weighted by molar-refractivity contribution is -0.116. The van der Waals surface area contributed by atoms with Crippen molar-refractivity contribution >= 4 is 28.2 Å². The third-order valence-corrected chi connectivity index (χ3v) is 4.79. The number of nitrogens with one attached hydrogen (secondary N) is 1. The van der Waals surface area contributed by atoms with Gasteiger partial charge < -0.3 is 10.1 Å². The number of benzene rings is 2. The maximum absolute atomic E-state index is 13.0. The van der Waals surface area contributed by atoms with E-state index in [0.717, 1.165) is 11.1 Å². The third kappa shape index (κ3) is 2.81. The quantitative estimate of drug-likeness (QED) is 0.718. The van der Waals surface area contributed by atoms with E-state index in [-0.39, 0.29) is 11.7 Å². The standard InChI is InChI=1S/C19H14N2O3S/c1-11(22)14-10-25-19(20-14)21-18(23)17-12-6-2-4-8-15(12)24-16-9-5-3-7-13(16)17/h2-10,17H,1H3,(H,20,21,23). The van der Waals surface area contributed by atoms with Gasteiger partial charge in [-0.2, -0.15) is 0 Å². The van der Waals surface area contributed by atoms with Crippen LogP contribution < -0.4 is 10.1 Å². The van der Waals surface area contributed by atoms with Crippen molar-refractivity contribution in [2.24, 2.45) is 0 Å². The molecule has 0 fully saturated rings.